The Bertz CT molecular complexity index is 1240. The second-order valence-corrected chi connectivity index (χ2v) is 6.53. The number of para-hydroxylation sites is 1. The standard InChI is InChI=1S/C22H17F2N3O/c1-27-12-17(14-5-2-3-6-15(14)22(27)28)16-11-13(25)9-10-20(16)26-21-18(23)7-4-8-19(21)24/h2-12,26H,25H2,1H3. The number of nitrogens with zero attached hydrogens (tertiary/aromatic N) is 1. The van der Waals surface area contributed by atoms with Gasteiger partial charge in [-0.3, -0.25) is 4.79 Å². The van der Waals surface area contributed by atoms with Gasteiger partial charge in [-0.1, -0.05) is 24.3 Å². The number of nitrogens with one attached hydrogen (secondary N) is 1. The molecule has 6 heteroatoms. The smallest absolute Gasteiger partial charge is 0.258 e. The number of pyridine rings is 1. The van der Waals surface area contributed by atoms with E-state index in [4.69, 9.17) is 5.73 Å². The first-order valence-electron chi connectivity index (χ1n) is 8.65. The maximum Gasteiger partial charge on any atom is 0.258 e. The highest BCUT2D eigenvalue weighted by molar-refractivity contribution is 6.00. The summed E-state index contributed by atoms with van der Waals surface area (Å²) in [6, 6.07) is 15.9. The van der Waals surface area contributed by atoms with Crippen molar-refractivity contribution in [3.8, 4) is 11.1 Å². The lowest BCUT2D eigenvalue weighted by molar-refractivity contribution is 0.591. The largest absolute Gasteiger partial charge is 0.399 e. The summed E-state index contributed by atoms with van der Waals surface area (Å²) in [5.41, 5.74) is 7.94. The van der Waals surface area contributed by atoms with E-state index in [1.807, 2.05) is 12.1 Å². The molecule has 0 aliphatic carbocycles. The van der Waals surface area contributed by atoms with E-state index in [0.717, 1.165) is 10.9 Å². The highest BCUT2D eigenvalue weighted by Crippen LogP contribution is 2.36. The van der Waals surface area contributed by atoms with E-state index in [2.05, 4.69) is 5.32 Å². The molecule has 4 aromatic rings. The number of rotatable bonds is 3. The quantitative estimate of drug-likeness (QED) is 0.504. The lowest BCUT2D eigenvalue weighted by atomic mass is 9.98. The number of fused-ring (bicyclic) bond motifs is 1. The minimum absolute atomic E-state index is 0.127. The van der Waals surface area contributed by atoms with Crippen molar-refractivity contribution in [3.63, 3.8) is 0 Å². The zero-order chi connectivity index (χ0) is 19.8. The highest BCUT2D eigenvalue weighted by Gasteiger charge is 2.15. The number of benzene rings is 3. The first-order valence-corrected chi connectivity index (χ1v) is 8.65. The zero-order valence-electron chi connectivity index (χ0n) is 15.0. The molecule has 0 spiro atoms. The summed E-state index contributed by atoms with van der Waals surface area (Å²) in [5.74, 6) is -1.40. The van der Waals surface area contributed by atoms with Crippen molar-refractivity contribution in [3.05, 3.63) is 88.8 Å². The van der Waals surface area contributed by atoms with Gasteiger partial charge in [0.25, 0.3) is 5.56 Å². The average molecular weight is 377 g/mol. The molecule has 3 N–H and O–H groups in total. The van der Waals surface area contributed by atoms with E-state index < -0.39 is 11.6 Å². The fourth-order valence-corrected chi connectivity index (χ4v) is 3.28. The fraction of sp³-hybridized carbons (Fsp3) is 0.0455. The monoisotopic (exact) mass is 377 g/mol. The van der Waals surface area contributed by atoms with E-state index in [9.17, 15) is 13.6 Å². The van der Waals surface area contributed by atoms with Gasteiger partial charge in [-0.15, -0.1) is 0 Å². The van der Waals surface area contributed by atoms with Gasteiger partial charge in [0, 0.05) is 41.1 Å². The molecule has 4 rings (SSSR count). The Hall–Kier alpha value is -3.67. The Morgan fingerprint density at radius 3 is 2.29 bits per heavy atom. The molecular weight excluding hydrogens is 360 g/mol. The van der Waals surface area contributed by atoms with Crippen LogP contribution in [0.15, 0.2) is 71.7 Å². The highest BCUT2D eigenvalue weighted by atomic mass is 19.1. The molecule has 140 valence electrons. The first-order chi connectivity index (χ1) is 13.5. The second-order valence-electron chi connectivity index (χ2n) is 6.53. The molecule has 0 amide bonds. The van der Waals surface area contributed by atoms with E-state index >= 15 is 0 Å². The molecule has 4 nitrogen and oxygen atoms in total. The van der Waals surface area contributed by atoms with Gasteiger partial charge in [0.1, 0.15) is 17.3 Å². The van der Waals surface area contributed by atoms with Crippen LogP contribution in [0.4, 0.5) is 25.8 Å². The average Bonchev–Trinajstić information content (AvgIpc) is 2.69. The predicted octanol–water partition coefficient (Wildman–Crippen LogP) is 4.81. The van der Waals surface area contributed by atoms with Gasteiger partial charge in [0.15, 0.2) is 0 Å². The number of anilines is 3. The van der Waals surface area contributed by atoms with Crippen LogP contribution in [0.3, 0.4) is 0 Å². The Morgan fingerprint density at radius 1 is 0.893 bits per heavy atom. The van der Waals surface area contributed by atoms with Crippen molar-refractivity contribution in [2.24, 2.45) is 7.05 Å². The number of nitrogen functional groups attached to an aromatic ring is 1. The summed E-state index contributed by atoms with van der Waals surface area (Å²) in [7, 11) is 1.66. The molecule has 3 aromatic carbocycles. The van der Waals surface area contributed by atoms with Crippen LogP contribution in [0.2, 0.25) is 0 Å². The summed E-state index contributed by atoms with van der Waals surface area (Å²) >= 11 is 0. The third-order valence-electron chi connectivity index (χ3n) is 4.65. The normalized spacial score (nSPS) is 11.0. The number of hydrogen-bond donors (Lipinski definition) is 2. The maximum atomic E-state index is 14.1. The van der Waals surface area contributed by atoms with Gasteiger partial charge in [0.2, 0.25) is 0 Å². The van der Waals surface area contributed by atoms with Crippen molar-refractivity contribution in [1.29, 1.82) is 0 Å². The first kappa shape index (κ1) is 17.7. The van der Waals surface area contributed by atoms with Crippen molar-refractivity contribution >= 4 is 27.8 Å². The molecule has 28 heavy (non-hydrogen) atoms. The van der Waals surface area contributed by atoms with Crippen LogP contribution in [0, 0.1) is 11.6 Å². The van der Waals surface area contributed by atoms with Gasteiger partial charge in [0.05, 0.1) is 0 Å². The van der Waals surface area contributed by atoms with Gasteiger partial charge < -0.3 is 15.6 Å². The van der Waals surface area contributed by atoms with Crippen molar-refractivity contribution in [1.82, 2.24) is 4.57 Å². The molecule has 0 unspecified atom stereocenters. The number of aromatic nitrogens is 1. The van der Waals surface area contributed by atoms with Crippen molar-refractivity contribution in [2.75, 3.05) is 11.1 Å². The third kappa shape index (κ3) is 2.99. The molecule has 0 saturated heterocycles. The Balaban J connectivity index is 1.98. The lowest BCUT2D eigenvalue weighted by Gasteiger charge is -2.16. The Kier molecular flexibility index (Phi) is 4.31. The Morgan fingerprint density at radius 2 is 1.57 bits per heavy atom. The van der Waals surface area contributed by atoms with E-state index in [1.54, 1.807) is 43.6 Å². The number of nitrogens with two attached hydrogens (primary N) is 1. The van der Waals surface area contributed by atoms with E-state index in [0.29, 0.717) is 22.3 Å². The molecular formula is C22H17F2N3O. The van der Waals surface area contributed by atoms with Crippen molar-refractivity contribution < 1.29 is 8.78 Å². The predicted molar refractivity (Wildman–Crippen MR) is 109 cm³/mol. The molecule has 0 aliphatic rings. The molecule has 0 fully saturated rings. The topological polar surface area (TPSA) is 60.0 Å². The van der Waals surface area contributed by atoms with Gasteiger partial charge in [-0.05, 0) is 41.8 Å². The zero-order valence-corrected chi connectivity index (χ0v) is 15.0. The third-order valence-corrected chi connectivity index (χ3v) is 4.65. The van der Waals surface area contributed by atoms with Crippen LogP contribution >= 0.6 is 0 Å². The van der Waals surface area contributed by atoms with Crippen LogP contribution in [-0.4, -0.2) is 4.57 Å². The summed E-state index contributed by atoms with van der Waals surface area (Å²) < 4.78 is 29.8. The van der Waals surface area contributed by atoms with Crippen LogP contribution in [-0.2, 0) is 7.05 Å². The van der Waals surface area contributed by atoms with Crippen LogP contribution in [0.25, 0.3) is 21.9 Å². The van der Waals surface area contributed by atoms with E-state index in [-0.39, 0.29) is 11.2 Å². The van der Waals surface area contributed by atoms with Crippen LogP contribution in [0.1, 0.15) is 0 Å². The molecule has 1 heterocycles. The fourth-order valence-electron chi connectivity index (χ4n) is 3.28. The molecule has 0 aliphatic heterocycles. The van der Waals surface area contributed by atoms with Crippen molar-refractivity contribution in [2.45, 2.75) is 0 Å². The SMILES string of the molecule is Cn1cc(-c2cc(N)ccc2Nc2c(F)cccc2F)c2ccccc2c1=O. The molecule has 0 atom stereocenters. The summed E-state index contributed by atoms with van der Waals surface area (Å²) in [5, 5.41) is 4.12. The molecule has 0 radical (unpaired) electrons. The van der Waals surface area contributed by atoms with Gasteiger partial charge >= 0.3 is 0 Å². The number of aryl methyl sites for hydroxylation is 1. The van der Waals surface area contributed by atoms with Gasteiger partial charge in [-0.2, -0.15) is 0 Å². The Labute approximate surface area is 159 Å². The maximum absolute atomic E-state index is 14.1. The van der Waals surface area contributed by atoms with Crippen LogP contribution < -0.4 is 16.6 Å². The number of halogens is 2. The lowest BCUT2D eigenvalue weighted by Crippen LogP contribution is -2.16. The van der Waals surface area contributed by atoms with Crippen LogP contribution in [0.5, 0.6) is 0 Å². The number of hydrogen-bond acceptors (Lipinski definition) is 3. The second kappa shape index (κ2) is 6.81. The summed E-state index contributed by atoms with van der Waals surface area (Å²) in [4.78, 5) is 12.5. The van der Waals surface area contributed by atoms with E-state index in [1.165, 1.54) is 22.8 Å². The molecule has 1 aromatic heterocycles. The minimum Gasteiger partial charge on any atom is -0.399 e. The summed E-state index contributed by atoms with van der Waals surface area (Å²) in [6.07, 6.45) is 1.70. The minimum atomic E-state index is -0.701. The summed E-state index contributed by atoms with van der Waals surface area (Å²) in [6.45, 7) is 0. The molecule has 0 saturated carbocycles. The van der Waals surface area contributed by atoms with Gasteiger partial charge in [-0.25, -0.2) is 8.78 Å². The molecule has 0 bridgehead atoms.